The van der Waals surface area contributed by atoms with Crippen LogP contribution in [0.4, 0.5) is 0 Å². The van der Waals surface area contributed by atoms with Crippen LogP contribution in [0.2, 0.25) is 0 Å². The van der Waals surface area contributed by atoms with Gasteiger partial charge in [-0.25, -0.2) is 0 Å². The van der Waals surface area contributed by atoms with Gasteiger partial charge >= 0.3 is 0 Å². The van der Waals surface area contributed by atoms with Gasteiger partial charge in [0.25, 0.3) is 0 Å². The predicted octanol–water partition coefficient (Wildman–Crippen LogP) is 5.44. The van der Waals surface area contributed by atoms with Crippen molar-refractivity contribution >= 4 is 17.7 Å². The largest absolute Gasteiger partial charge is 0.300 e. The summed E-state index contributed by atoms with van der Waals surface area (Å²) in [5.41, 5.74) is 6.65. The van der Waals surface area contributed by atoms with E-state index in [0.717, 1.165) is 28.0 Å². The number of benzene rings is 3. The van der Waals surface area contributed by atoms with Crippen molar-refractivity contribution < 1.29 is 4.79 Å². The number of hydrogen-bond acceptors (Lipinski definition) is 1. The summed E-state index contributed by atoms with van der Waals surface area (Å²) < 4.78 is 0. The summed E-state index contributed by atoms with van der Waals surface area (Å²) in [6, 6.07) is 26.8. The third-order valence-corrected chi connectivity index (χ3v) is 4.90. The van der Waals surface area contributed by atoms with Crippen molar-refractivity contribution in [3.8, 4) is 0 Å². The summed E-state index contributed by atoms with van der Waals surface area (Å²) >= 11 is 0. The third kappa shape index (κ3) is 2.84. The number of amides is 1. The SMILES string of the molecule is CC(=O)N1C(c2ccc(C)cc2)=Cc2ccccc2C1c1ccccc1. The summed E-state index contributed by atoms with van der Waals surface area (Å²) in [5.74, 6) is 0.0418. The monoisotopic (exact) mass is 339 g/mol. The van der Waals surface area contributed by atoms with Crippen molar-refractivity contribution in [3.05, 3.63) is 107 Å². The van der Waals surface area contributed by atoms with Crippen LogP contribution in [0.15, 0.2) is 78.9 Å². The van der Waals surface area contributed by atoms with Crippen LogP contribution < -0.4 is 0 Å². The van der Waals surface area contributed by atoms with Gasteiger partial charge in [0.05, 0.1) is 11.7 Å². The highest BCUT2D eigenvalue weighted by molar-refractivity contribution is 5.95. The fourth-order valence-electron chi connectivity index (χ4n) is 3.65. The van der Waals surface area contributed by atoms with Crippen LogP contribution in [0, 0.1) is 6.92 Å². The van der Waals surface area contributed by atoms with E-state index in [2.05, 4.69) is 61.5 Å². The number of carbonyl (C=O) groups excluding carboxylic acids is 1. The number of nitrogens with zero attached hydrogens (tertiary/aromatic N) is 1. The highest BCUT2D eigenvalue weighted by Gasteiger charge is 2.32. The average Bonchev–Trinajstić information content (AvgIpc) is 2.67. The maximum absolute atomic E-state index is 12.7. The van der Waals surface area contributed by atoms with Gasteiger partial charge in [-0.1, -0.05) is 84.4 Å². The van der Waals surface area contributed by atoms with Crippen molar-refractivity contribution in [2.75, 3.05) is 0 Å². The minimum atomic E-state index is -0.119. The second kappa shape index (κ2) is 6.64. The molecule has 1 aliphatic rings. The summed E-state index contributed by atoms with van der Waals surface area (Å²) in [7, 11) is 0. The standard InChI is InChI=1S/C24H21NO/c1-17-12-14-19(15-13-17)23-16-21-10-6-7-11-22(21)24(25(23)18(2)26)20-8-4-3-5-9-20/h3-16,24H,1-2H3. The van der Waals surface area contributed by atoms with Crippen LogP contribution in [-0.2, 0) is 4.79 Å². The van der Waals surface area contributed by atoms with Gasteiger partial charge in [-0.2, -0.15) is 0 Å². The van der Waals surface area contributed by atoms with Crippen molar-refractivity contribution in [1.29, 1.82) is 0 Å². The fraction of sp³-hybridized carbons (Fsp3) is 0.125. The van der Waals surface area contributed by atoms with Crippen LogP contribution in [0.3, 0.4) is 0 Å². The zero-order valence-electron chi connectivity index (χ0n) is 15.0. The smallest absolute Gasteiger partial charge is 0.224 e. The van der Waals surface area contributed by atoms with E-state index >= 15 is 0 Å². The summed E-state index contributed by atoms with van der Waals surface area (Å²) in [6.45, 7) is 3.72. The average molecular weight is 339 g/mol. The Morgan fingerprint density at radius 2 is 1.50 bits per heavy atom. The molecule has 0 saturated carbocycles. The van der Waals surface area contributed by atoms with Crippen molar-refractivity contribution in [2.45, 2.75) is 19.9 Å². The molecule has 1 aliphatic heterocycles. The number of rotatable bonds is 2. The quantitative estimate of drug-likeness (QED) is 0.608. The maximum Gasteiger partial charge on any atom is 0.224 e. The second-order valence-corrected chi connectivity index (χ2v) is 6.73. The van der Waals surface area contributed by atoms with Crippen LogP contribution in [0.1, 0.15) is 40.8 Å². The molecular weight excluding hydrogens is 318 g/mol. The topological polar surface area (TPSA) is 20.3 Å². The first-order valence-electron chi connectivity index (χ1n) is 8.87. The third-order valence-electron chi connectivity index (χ3n) is 4.90. The molecule has 0 radical (unpaired) electrons. The van der Waals surface area contributed by atoms with E-state index in [4.69, 9.17) is 0 Å². The first-order valence-corrected chi connectivity index (χ1v) is 8.87. The first kappa shape index (κ1) is 16.3. The molecule has 3 aromatic rings. The van der Waals surface area contributed by atoms with Gasteiger partial charge in [-0.3, -0.25) is 4.79 Å². The van der Waals surface area contributed by atoms with Gasteiger partial charge < -0.3 is 4.90 Å². The molecular formula is C24H21NO. The molecule has 0 aliphatic carbocycles. The lowest BCUT2D eigenvalue weighted by Gasteiger charge is -2.38. The molecule has 0 N–H and O–H groups in total. The molecule has 4 rings (SSSR count). The van der Waals surface area contributed by atoms with Gasteiger partial charge in [0.15, 0.2) is 0 Å². The Bertz CT molecular complexity index is 971. The van der Waals surface area contributed by atoms with Crippen LogP contribution in [0.25, 0.3) is 11.8 Å². The van der Waals surface area contributed by atoms with E-state index in [1.54, 1.807) is 6.92 Å². The van der Waals surface area contributed by atoms with Gasteiger partial charge in [0, 0.05) is 6.92 Å². The molecule has 0 spiro atoms. The van der Waals surface area contributed by atoms with Crippen molar-refractivity contribution in [1.82, 2.24) is 4.90 Å². The van der Waals surface area contributed by atoms with E-state index in [0.29, 0.717) is 0 Å². The summed E-state index contributed by atoms with van der Waals surface area (Å²) in [6.07, 6.45) is 2.13. The van der Waals surface area contributed by atoms with E-state index in [1.807, 2.05) is 35.2 Å². The van der Waals surface area contributed by atoms with E-state index < -0.39 is 0 Å². The van der Waals surface area contributed by atoms with E-state index in [1.165, 1.54) is 5.56 Å². The lowest BCUT2D eigenvalue weighted by Crippen LogP contribution is -2.34. The molecule has 26 heavy (non-hydrogen) atoms. The molecule has 1 unspecified atom stereocenters. The molecule has 3 aromatic carbocycles. The molecule has 0 fully saturated rings. The highest BCUT2D eigenvalue weighted by atomic mass is 16.2. The zero-order valence-corrected chi connectivity index (χ0v) is 15.0. The normalized spacial score (nSPS) is 16.0. The molecule has 2 nitrogen and oxygen atoms in total. The Morgan fingerprint density at radius 1 is 0.846 bits per heavy atom. The summed E-state index contributed by atoms with van der Waals surface area (Å²) in [5, 5.41) is 0. The number of aryl methyl sites for hydroxylation is 1. The molecule has 1 heterocycles. The van der Waals surface area contributed by atoms with E-state index in [9.17, 15) is 4.79 Å². The highest BCUT2D eigenvalue weighted by Crippen LogP contribution is 2.42. The molecule has 2 heteroatoms. The number of hydrogen-bond donors (Lipinski definition) is 0. The minimum absolute atomic E-state index is 0.0418. The molecule has 0 saturated heterocycles. The number of carbonyl (C=O) groups is 1. The van der Waals surface area contributed by atoms with Gasteiger partial charge in [0.2, 0.25) is 5.91 Å². The predicted molar refractivity (Wildman–Crippen MR) is 106 cm³/mol. The van der Waals surface area contributed by atoms with E-state index in [-0.39, 0.29) is 11.9 Å². The minimum Gasteiger partial charge on any atom is -0.300 e. The Kier molecular flexibility index (Phi) is 4.18. The Balaban J connectivity index is 1.95. The van der Waals surface area contributed by atoms with Crippen LogP contribution in [-0.4, -0.2) is 10.8 Å². The Morgan fingerprint density at radius 3 is 2.19 bits per heavy atom. The second-order valence-electron chi connectivity index (χ2n) is 6.73. The Hall–Kier alpha value is -3.13. The van der Waals surface area contributed by atoms with Crippen LogP contribution in [0.5, 0.6) is 0 Å². The summed E-state index contributed by atoms with van der Waals surface area (Å²) in [4.78, 5) is 14.6. The molecule has 128 valence electrons. The lowest BCUT2D eigenvalue weighted by atomic mass is 9.87. The van der Waals surface area contributed by atoms with Crippen molar-refractivity contribution in [3.63, 3.8) is 0 Å². The van der Waals surface area contributed by atoms with Gasteiger partial charge in [0.1, 0.15) is 0 Å². The van der Waals surface area contributed by atoms with Gasteiger partial charge in [-0.05, 0) is 35.3 Å². The number of fused-ring (bicyclic) bond motifs is 1. The first-order chi connectivity index (χ1) is 12.6. The van der Waals surface area contributed by atoms with Crippen molar-refractivity contribution in [2.24, 2.45) is 0 Å². The maximum atomic E-state index is 12.7. The molecule has 0 bridgehead atoms. The zero-order chi connectivity index (χ0) is 18.1. The van der Waals surface area contributed by atoms with Crippen LogP contribution >= 0.6 is 0 Å². The molecule has 1 atom stereocenters. The fourth-order valence-corrected chi connectivity index (χ4v) is 3.65. The Labute approximate surface area is 154 Å². The lowest BCUT2D eigenvalue weighted by molar-refractivity contribution is -0.126. The molecule has 1 amide bonds. The molecule has 0 aromatic heterocycles. The van der Waals surface area contributed by atoms with Gasteiger partial charge in [-0.15, -0.1) is 0 Å².